The van der Waals surface area contributed by atoms with Crippen molar-refractivity contribution >= 4 is 11.7 Å². The first-order valence-corrected chi connectivity index (χ1v) is 7.94. The predicted molar refractivity (Wildman–Crippen MR) is 82.1 cm³/mol. The Morgan fingerprint density at radius 3 is 2.38 bits per heavy atom. The van der Waals surface area contributed by atoms with Crippen LogP contribution in [0.1, 0.15) is 20.8 Å². The maximum absolute atomic E-state index is 12.0. The lowest BCUT2D eigenvalue weighted by Gasteiger charge is -2.46. The summed E-state index contributed by atoms with van der Waals surface area (Å²) >= 11 is 0. The Bertz CT molecular complexity index is 374. The monoisotopic (exact) mass is 296 g/mol. The van der Waals surface area contributed by atoms with Crippen molar-refractivity contribution in [3.8, 4) is 0 Å². The third-order valence-electron chi connectivity index (χ3n) is 4.39. The van der Waals surface area contributed by atoms with Crippen molar-refractivity contribution in [3.05, 3.63) is 0 Å². The lowest BCUT2D eigenvalue weighted by atomic mass is 10.0. The predicted octanol–water partition coefficient (Wildman–Crippen LogP) is -0.694. The summed E-state index contributed by atoms with van der Waals surface area (Å²) in [5.74, 6) is 0.125. The number of carbonyl (C=O) groups excluding carboxylic acids is 2. The zero-order valence-electron chi connectivity index (χ0n) is 13.4. The van der Waals surface area contributed by atoms with Crippen molar-refractivity contribution < 1.29 is 9.59 Å². The average Bonchev–Trinajstić information content (AvgIpc) is 2.40. The van der Waals surface area contributed by atoms with Crippen LogP contribution >= 0.6 is 0 Å². The highest BCUT2D eigenvalue weighted by Gasteiger charge is 2.33. The molecule has 0 aromatic rings. The quantitative estimate of drug-likeness (QED) is 0.679. The molecule has 21 heavy (non-hydrogen) atoms. The van der Waals surface area contributed by atoms with Crippen molar-refractivity contribution in [2.45, 2.75) is 32.9 Å². The second-order valence-electron chi connectivity index (χ2n) is 6.53. The van der Waals surface area contributed by atoms with Crippen LogP contribution in [0.2, 0.25) is 0 Å². The second kappa shape index (κ2) is 7.33. The fourth-order valence-electron chi connectivity index (χ4n) is 3.11. The number of nitrogens with one attached hydrogen (secondary N) is 2. The number of hydrogen-bond donors (Lipinski definition) is 2. The number of nitrogens with zero attached hydrogens (tertiary/aromatic N) is 2. The van der Waals surface area contributed by atoms with Crippen molar-refractivity contribution in [1.82, 2.24) is 20.4 Å². The summed E-state index contributed by atoms with van der Waals surface area (Å²) in [7, 11) is 0. The average molecular weight is 296 g/mol. The summed E-state index contributed by atoms with van der Waals surface area (Å²) < 4.78 is 0. The molecule has 0 spiro atoms. The maximum Gasteiger partial charge on any atom is 0.234 e. The minimum atomic E-state index is -0.359. The molecule has 0 aromatic carbocycles. The molecule has 6 nitrogen and oxygen atoms in total. The Labute approximate surface area is 127 Å². The summed E-state index contributed by atoms with van der Waals surface area (Å²) in [6.45, 7) is 12.1. The molecule has 0 aromatic heterocycles. The van der Waals surface area contributed by atoms with E-state index in [0.717, 1.165) is 39.3 Å². The van der Waals surface area contributed by atoms with Crippen molar-refractivity contribution in [2.75, 3.05) is 45.8 Å². The van der Waals surface area contributed by atoms with Gasteiger partial charge in [0.1, 0.15) is 0 Å². The molecule has 0 aliphatic carbocycles. The molecule has 2 fully saturated rings. The van der Waals surface area contributed by atoms with Gasteiger partial charge in [-0.3, -0.25) is 19.4 Å². The maximum atomic E-state index is 12.0. The van der Waals surface area contributed by atoms with Gasteiger partial charge in [-0.1, -0.05) is 13.8 Å². The minimum Gasteiger partial charge on any atom is -0.345 e. The van der Waals surface area contributed by atoms with Gasteiger partial charge in [0.2, 0.25) is 5.91 Å². The van der Waals surface area contributed by atoms with Gasteiger partial charge in [-0.25, -0.2) is 0 Å². The number of hydrogen-bond acceptors (Lipinski definition) is 5. The molecule has 2 heterocycles. The first-order valence-electron chi connectivity index (χ1n) is 7.94. The van der Waals surface area contributed by atoms with E-state index < -0.39 is 0 Å². The Kier molecular flexibility index (Phi) is 5.72. The van der Waals surface area contributed by atoms with Gasteiger partial charge in [0, 0.05) is 45.3 Å². The van der Waals surface area contributed by atoms with Crippen LogP contribution in [-0.2, 0) is 9.59 Å². The van der Waals surface area contributed by atoms with Gasteiger partial charge in [-0.15, -0.1) is 0 Å². The highest BCUT2D eigenvalue weighted by atomic mass is 16.2. The topological polar surface area (TPSA) is 64.7 Å². The third kappa shape index (κ3) is 4.49. The van der Waals surface area contributed by atoms with Crippen LogP contribution in [0.25, 0.3) is 0 Å². The number of amides is 1. The van der Waals surface area contributed by atoms with Crippen molar-refractivity contribution in [2.24, 2.45) is 5.92 Å². The molecule has 1 atom stereocenters. The molecule has 1 amide bonds. The molecular weight excluding hydrogens is 268 g/mol. The lowest BCUT2D eigenvalue weighted by molar-refractivity contribution is -0.129. The van der Waals surface area contributed by atoms with E-state index in [1.165, 1.54) is 6.92 Å². The van der Waals surface area contributed by atoms with E-state index in [1.807, 2.05) is 13.8 Å². The fourth-order valence-corrected chi connectivity index (χ4v) is 3.11. The number of carbonyl (C=O) groups is 2. The van der Waals surface area contributed by atoms with E-state index in [4.69, 9.17) is 0 Å². The molecule has 0 bridgehead atoms. The molecule has 2 rings (SSSR count). The molecule has 1 unspecified atom stereocenters. The normalized spacial score (nSPS) is 22.9. The summed E-state index contributed by atoms with van der Waals surface area (Å²) in [5.41, 5.74) is 0. The van der Waals surface area contributed by atoms with Gasteiger partial charge in [-0.05, 0) is 12.8 Å². The van der Waals surface area contributed by atoms with E-state index in [1.54, 1.807) is 0 Å². The van der Waals surface area contributed by atoms with E-state index in [2.05, 4.69) is 20.4 Å². The number of ketones is 1. The second-order valence-corrected chi connectivity index (χ2v) is 6.53. The Hall–Kier alpha value is -0.980. The lowest BCUT2D eigenvalue weighted by Crippen LogP contribution is -2.64. The van der Waals surface area contributed by atoms with Crippen LogP contribution < -0.4 is 10.6 Å². The molecule has 6 heteroatoms. The summed E-state index contributed by atoms with van der Waals surface area (Å²) in [6, 6.07) is 0.233. The highest BCUT2D eigenvalue weighted by Crippen LogP contribution is 2.15. The van der Waals surface area contributed by atoms with Crippen LogP contribution in [0.3, 0.4) is 0 Å². The summed E-state index contributed by atoms with van der Waals surface area (Å²) in [5, 5.41) is 6.21. The number of piperazine rings is 1. The summed E-state index contributed by atoms with van der Waals surface area (Å²) in [6.07, 6.45) is 0. The van der Waals surface area contributed by atoms with Crippen molar-refractivity contribution in [3.63, 3.8) is 0 Å². The van der Waals surface area contributed by atoms with Crippen LogP contribution in [0.4, 0.5) is 0 Å². The Balaban J connectivity index is 1.69. The molecule has 0 radical (unpaired) electrons. The third-order valence-corrected chi connectivity index (χ3v) is 4.39. The number of Topliss-reactive ketones (excluding diaryl/α,β-unsaturated/α-hetero) is 1. The van der Waals surface area contributed by atoms with Gasteiger partial charge in [0.05, 0.1) is 12.6 Å². The Morgan fingerprint density at radius 1 is 1.24 bits per heavy atom. The molecule has 2 aliphatic heterocycles. The van der Waals surface area contributed by atoms with Crippen LogP contribution in [0.15, 0.2) is 0 Å². The van der Waals surface area contributed by atoms with E-state index in [0.29, 0.717) is 12.6 Å². The van der Waals surface area contributed by atoms with Gasteiger partial charge < -0.3 is 10.6 Å². The van der Waals surface area contributed by atoms with E-state index in [9.17, 15) is 9.59 Å². The van der Waals surface area contributed by atoms with Crippen LogP contribution in [0.5, 0.6) is 0 Å². The van der Waals surface area contributed by atoms with Crippen molar-refractivity contribution in [1.29, 1.82) is 0 Å². The number of likely N-dealkylation sites (tertiary alicyclic amines) is 1. The Morgan fingerprint density at radius 2 is 1.86 bits per heavy atom. The minimum absolute atomic E-state index is 0.0284. The molecular formula is C15H28N4O2. The highest BCUT2D eigenvalue weighted by molar-refractivity contribution is 5.88. The first-order chi connectivity index (χ1) is 9.97. The molecule has 120 valence electrons. The van der Waals surface area contributed by atoms with Crippen LogP contribution in [-0.4, -0.2) is 79.4 Å². The smallest absolute Gasteiger partial charge is 0.234 e. The SMILES string of the molecule is CC(=O)C(NC(=O)CN1CC(N2CCNCC2)C1)C(C)C. The van der Waals surface area contributed by atoms with Gasteiger partial charge >= 0.3 is 0 Å². The fraction of sp³-hybridized carbons (Fsp3) is 0.867. The molecule has 2 aliphatic rings. The van der Waals surface area contributed by atoms with Gasteiger partial charge in [0.25, 0.3) is 0 Å². The zero-order valence-corrected chi connectivity index (χ0v) is 13.4. The zero-order chi connectivity index (χ0) is 15.4. The summed E-state index contributed by atoms with van der Waals surface area (Å²) in [4.78, 5) is 28.2. The van der Waals surface area contributed by atoms with E-state index in [-0.39, 0.29) is 23.7 Å². The molecule has 0 saturated carbocycles. The molecule has 2 saturated heterocycles. The number of rotatable bonds is 6. The van der Waals surface area contributed by atoms with Gasteiger partial charge in [0.15, 0.2) is 5.78 Å². The largest absolute Gasteiger partial charge is 0.345 e. The van der Waals surface area contributed by atoms with E-state index >= 15 is 0 Å². The van der Waals surface area contributed by atoms with Gasteiger partial charge in [-0.2, -0.15) is 0 Å². The molecule has 2 N–H and O–H groups in total. The standard InChI is InChI=1S/C15H28N4O2/c1-11(2)15(12(3)20)17-14(21)10-18-8-13(9-18)19-6-4-16-5-7-19/h11,13,15-16H,4-10H2,1-3H3,(H,17,21). The van der Waals surface area contributed by atoms with Crippen LogP contribution in [0, 0.1) is 5.92 Å². The first kappa shape index (κ1) is 16.4.